The average Bonchev–Trinajstić information content (AvgIpc) is 3.34. The van der Waals surface area contributed by atoms with Crippen LogP contribution in [0, 0.1) is 6.92 Å². The van der Waals surface area contributed by atoms with Gasteiger partial charge in [-0.05, 0) is 25.8 Å². The lowest BCUT2D eigenvalue weighted by Gasteiger charge is -2.39. The first-order chi connectivity index (χ1) is 15.1. The van der Waals surface area contributed by atoms with E-state index in [1.165, 1.54) is 6.39 Å². The van der Waals surface area contributed by atoms with Gasteiger partial charge in [0, 0.05) is 25.2 Å². The standard InChI is InChI=1S/C18H21N3O4.C2HF3O2/c1-13-16(23-12-20-13)17(22)21-8-4-6-18(11-21)9-14(10-24-18)25-15-5-2-3-7-19-15;3-2(4,5)1(6)7/h2-3,5,7,12,14H,4,6,8-11H2,1H3;(H,6,7)/t14-,18+;/m1./s1. The number of alkyl halides is 3. The highest BCUT2D eigenvalue weighted by atomic mass is 19.4. The van der Waals surface area contributed by atoms with E-state index in [1.807, 2.05) is 18.2 Å². The molecular weight excluding hydrogens is 435 g/mol. The summed E-state index contributed by atoms with van der Waals surface area (Å²) in [5, 5.41) is 7.12. The fourth-order valence-corrected chi connectivity index (χ4v) is 3.67. The third kappa shape index (κ3) is 5.75. The Bertz CT molecular complexity index is 936. The number of amides is 1. The van der Waals surface area contributed by atoms with E-state index in [1.54, 1.807) is 18.0 Å². The Morgan fingerprint density at radius 1 is 1.31 bits per heavy atom. The SMILES string of the molecule is Cc1ncoc1C(=O)N1CCC[C@]2(C[C@@H](Oc3ccccn3)CO2)C1.O=C(O)C(F)(F)F. The lowest BCUT2D eigenvalue weighted by Crippen LogP contribution is -2.50. The molecule has 2 aromatic heterocycles. The van der Waals surface area contributed by atoms with Gasteiger partial charge in [-0.25, -0.2) is 14.8 Å². The molecule has 12 heteroatoms. The highest BCUT2D eigenvalue weighted by Gasteiger charge is 2.46. The Kier molecular flexibility index (Phi) is 7.02. The van der Waals surface area contributed by atoms with Gasteiger partial charge in [0.15, 0.2) is 6.39 Å². The van der Waals surface area contributed by atoms with E-state index in [-0.39, 0.29) is 17.6 Å². The molecule has 2 aromatic rings. The van der Waals surface area contributed by atoms with Crippen molar-refractivity contribution in [3.63, 3.8) is 0 Å². The summed E-state index contributed by atoms with van der Waals surface area (Å²) in [6.45, 7) is 3.54. The van der Waals surface area contributed by atoms with Gasteiger partial charge in [0.25, 0.3) is 5.91 Å². The summed E-state index contributed by atoms with van der Waals surface area (Å²) < 4.78 is 49.0. The third-order valence-corrected chi connectivity index (χ3v) is 5.11. The molecule has 2 saturated heterocycles. The van der Waals surface area contributed by atoms with Crippen LogP contribution in [0.15, 0.2) is 35.2 Å². The van der Waals surface area contributed by atoms with Gasteiger partial charge in [-0.15, -0.1) is 0 Å². The second-order valence-electron chi connectivity index (χ2n) is 7.51. The number of carboxylic acid groups (broad SMARTS) is 1. The Labute approximate surface area is 181 Å². The average molecular weight is 457 g/mol. The van der Waals surface area contributed by atoms with Crippen molar-refractivity contribution in [3.8, 4) is 5.88 Å². The summed E-state index contributed by atoms with van der Waals surface area (Å²) in [4.78, 5) is 31.6. The van der Waals surface area contributed by atoms with E-state index in [9.17, 15) is 18.0 Å². The highest BCUT2D eigenvalue weighted by Crippen LogP contribution is 2.36. The first-order valence-corrected chi connectivity index (χ1v) is 9.81. The Morgan fingerprint density at radius 2 is 2.06 bits per heavy atom. The van der Waals surface area contributed by atoms with Gasteiger partial charge in [0.2, 0.25) is 11.6 Å². The number of likely N-dealkylation sites (tertiary alicyclic amines) is 1. The minimum absolute atomic E-state index is 0.0445. The minimum atomic E-state index is -5.08. The van der Waals surface area contributed by atoms with Crippen LogP contribution in [0.25, 0.3) is 0 Å². The largest absolute Gasteiger partial charge is 0.490 e. The van der Waals surface area contributed by atoms with E-state index in [4.69, 9.17) is 23.8 Å². The van der Waals surface area contributed by atoms with E-state index in [0.29, 0.717) is 37.0 Å². The van der Waals surface area contributed by atoms with Crippen LogP contribution >= 0.6 is 0 Å². The predicted octanol–water partition coefficient (Wildman–Crippen LogP) is 2.85. The number of carbonyl (C=O) groups excluding carboxylic acids is 1. The fraction of sp³-hybridized carbons (Fsp3) is 0.500. The number of ether oxygens (including phenoxy) is 2. The number of hydrogen-bond donors (Lipinski definition) is 1. The number of hydrogen-bond acceptors (Lipinski definition) is 7. The van der Waals surface area contributed by atoms with Gasteiger partial charge in [-0.2, -0.15) is 13.2 Å². The number of nitrogens with zero attached hydrogens (tertiary/aromatic N) is 3. The topological polar surface area (TPSA) is 115 Å². The number of carbonyl (C=O) groups is 2. The molecule has 2 aliphatic rings. The van der Waals surface area contributed by atoms with Crippen molar-refractivity contribution in [2.75, 3.05) is 19.7 Å². The first-order valence-electron chi connectivity index (χ1n) is 9.81. The molecule has 9 nitrogen and oxygen atoms in total. The van der Waals surface area contributed by atoms with Crippen LogP contribution in [-0.2, 0) is 9.53 Å². The highest BCUT2D eigenvalue weighted by molar-refractivity contribution is 5.92. The summed E-state index contributed by atoms with van der Waals surface area (Å²) in [7, 11) is 0. The van der Waals surface area contributed by atoms with Crippen molar-refractivity contribution in [1.29, 1.82) is 0 Å². The molecule has 174 valence electrons. The van der Waals surface area contributed by atoms with Crippen molar-refractivity contribution in [2.24, 2.45) is 0 Å². The van der Waals surface area contributed by atoms with Gasteiger partial charge in [0.05, 0.1) is 24.4 Å². The van der Waals surface area contributed by atoms with Gasteiger partial charge >= 0.3 is 12.1 Å². The van der Waals surface area contributed by atoms with Crippen LogP contribution in [0.3, 0.4) is 0 Å². The molecule has 0 aliphatic carbocycles. The molecule has 0 saturated carbocycles. The fourth-order valence-electron chi connectivity index (χ4n) is 3.67. The lowest BCUT2D eigenvalue weighted by molar-refractivity contribution is -0.192. The molecule has 0 unspecified atom stereocenters. The first kappa shape index (κ1) is 23.5. The molecule has 32 heavy (non-hydrogen) atoms. The smallest absolute Gasteiger partial charge is 0.475 e. The van der Waals surface area contributed by atoms with Crippen molar-refractivity contribution >= 4 is 11.9 Å². The summed E-state index contributed by atoms with van der Waals surface area (Å²) in [6, 6.07) is 5.60. The number of carboxylic acids is 1. The van der Waals surface area contributed by atoms with Gasteiger partial charge in [0.1, 0.15) is 6.10 Å². The number of aromatic nitrogens is 2. The molecule has 0 aromatic carbocycles. The van der Waals surface area contributed by atoms with Gasteiger partial charge < -0.3 is 23.9 Å². The Morgan fingerprint density at radius 3 is 2.66 bits per heavy atom. The molecule has 2 atom stereocenters. The summed E-state index contributed by atoms with van der Waals surface area (Å²) >= 11 is 0. The van der Waals surface area contributed by atoms with E-state index >= 15 is 0 Å². The third-order valence-electron chi connectivity index (χ3n) is 5.11. The maximum Gasteiger partial charge on any atom is 0.490 e. The number of halogens is 3. The van der Waals surface area contributed by atoms with Crippen molar-refractivity contribution in [3.05, 3.63) is 42.2 Å². The number of aliphatic carboxylic acids is 1. The van der Waals surface area contributed by atoms with Crippen LogP contribution in [0.2, 0.25) is 0 Å². The van der Waals surface area contributed by atoms with Crippen molar-refractivity contribution < 1.29 is 41.8 Å². The monoisotopic (exact) mass is 457 g/mol. The molecule has 0 bridgehead atoms. The lowest BCUT2D eigenvalue weighted by atomic mass is 9.89. The molecule has 1 amide bonds. The maximum absolute atomic E-state index is 12.7. The Balaban J connectivity index is 0.000000360. The molecule has 1 N–H and O–H groups in total. The molecule has 4 rings (SSSR count). The number of oxazole rings is 1. The van der Waals surface area contributed by atoms with Crippen LogP contribution in [0.1, 0.15) is 35.5 Å². The molecule has 4 heterocycles. The number of piperidine rings is 1. The minimum Gasteiger partial charge on any atom is -0.475 e. The van der Waals surface area contributed by atoms with Crippen LogP contribution < -0.4 is 4.74 Å². The second-order valence-corrected chi connectivity index (χ2v) is 7.51. The van der Waals surface area contributed by atoms with E-state index in [0.717, 1.165) is 19.3 Å². The molecular formula is C20H22F3N3O6. The zero-order chi connectivity index (χ0) is 23.4. The van der Waals surface area contributed by atoms with Crippen molar-refractivity contribution in [2.45, 2.75) is 44.1 Å². The zero-order valence-electron chi connectivity index (χ0n) is 17.2. The molecule has 0 radical (unpaired) electrons. The predicted molar refractivity (Wildman–Crippen MR) is 102 cm³/mol. The van der Waals surface area contributed by atoms with Gasteiger partial charge in [-0.3, -0.25) is 4.79 Å². The zero-order valence-corrected chi connectivity index (χ0v) is 17.2. The van der Waals surface area contributed by atoms with Gasteiger partial charge in [-0.1, -0.05) is 6.07 Å². The van der Waals surface area contributed by atoms with Crippen molar-refractivity contribution in [1.82, 2.24) is 14.9 Å². The summed E-state index contributed by atoms with van der Waals surface area (Å²) in [5.74, 6) is -1.95. The number of rotatable bonds is 3. The van der Waals surface area contributed by atoms with Crippen LogP contribution in [0.4, 0.5) is 13.2 Å². The number of aryl methyl sites for hydroxylation is 1. The summed E-state index contributed by atoms with van der Waals surface area (Å²) in [5.41, 5.74) is 0.273. The molecule has 2 fully saturated rings. The number of pyridine rings is 1. The Hall–Kier alpha value is -3.15. The summed E-state index contributed by atoms with van der Waals surface area (Å²) in [6.07, 6.45) is 0.468. The quantitative estimate of drug-likeness (QED) is 0.748. The van der Waals surface area contributed by atoms with Crippen LogP contribution in [0.5, 0.6) is 5.88 Å². The van der Waals surface area contributed by atoms with Crippen LogP contribution in [-0.4, -0.2) is 69.4 Å². The van der Waals surface area contributed by atoms with E-state index < -0.39 is 12.1 Å². The van der Waals surface area contributed by atoms with E-state index in [2.05, 4.69) is 9.97 Å². The molecule has 1 spiro atoms. The maximum atomic E-state index is 12.7. The second kappa shape index (κ2) is 9.55. The normalized spacial score (nSPS) is 22.9. The molecule has 2 aliphatic heterocycles.